The van der Waals surface area contributed by atoms with Crippen molar-refractivity contribution in [3.8, 4) is 5.69 Å². The SMILES string of the molecule is C[C@H]1CN(C(=O)c2cnn(-c3ccccc3)n2)C[C@H](C)O1. The number of rotatable bonds is 2. The third-order valence-electron chi connectivity index (χ3n) is 3.40. The lowest BCUT2D eigenvalue weighted by Crippen LogP contribution is -2.48. The zero-order valence-electron chi connectivity index (χ0n) is 12.1. The molecule has 1 aliphatic heterocycles. The van der Waals surface area contributed by atoms with E-state index in [0.717, 1.165) is 5.69 Å². The maximum absolute atomic E-state index is 12.5. The van der Waals surface area contributed by atoms with E-state index in [0.29, 0.717) is 18.8 Å². The molecular weight excluding hydrogens is 268 g/mol. The Kier molecular flexibility index (Phi) is 3.70. The van der Waals surface area contributed by atoms with Gasteiger partial charge in [0.15, 0.2) is 5.69 Å². The maximum Gasteiger partial charge on any atom is 0.276 e. The molecule has 6 nitrogen and oxygen atoms in total. The molecule has 0 spiro atoms. The van der Waals surface area contributed by atoms with Crippen molar-refractivity contribution in [2.45, 2.75) is 26.1 Å². The summed E-state index contributed by atoms with van der Waals surface area (Å²) >= 11 is 0. The van der Waals surface area contributed by atoms with E-state index < -0.39 is 0 Å². The van der Waals surface area contributed by atoms with Crippen LogP contribution in [0.25, 0.3) is 5.69 Å². The Morgan fingerprint density at radius 1 is 1.19 bits per heavy atom. The van der Waals surface area contributed by atoms with Gasteiger partial charge >= 0.3 is 0 Å². The number of carbonyl (C=O) groups is 1. The zero-order chi connectivity index (χ0) is 14.8. The zero-order valence-corrected chi connectivity index (χ0v) is 12.1. The van der Waals surface area contributed by atoms with Gasteiger partial charge in [0, 0.05) is 13.1 Å². The van der Waals surface area contributed by atoms with Crippen molar-refractivity contribution in [1.29, 1.82) is 0 Å². The van der Waals surface area contributed by atoms with Crippen LogP contribution in [-0.4, -0.2) is 51.1 Å². The maximum atomic E-state index is 12.5. The summed E-state index contributed by atoms with van der Waals surface area (Å²) in [5.74, 6) is -0.0980. The van der Waals surface area contributed by atoms with Crippen molar-refractivity contribution in [1.82, 2.24) is 19.9 Å². The highest BCUT2D eigenvalue weighted by molar-refractivity contribution is 5.92. The van der Waals surface area contributed by atoms with Crippen LogP contribution in [0.2, 0.25) is 0 Å². The highest BCUT2D eigenvalue weighted by Gasteiger charge is 2.28. The predicted octanol–water partition coefficient (Wildman–Crippen LogP) is 1.52. The lowest BCUT2D eigenvalue weighted by Gasteiger charge is -2.34. The van der Waals surface area contributed by atoms with Crippen LogP contribution >= 0.6 is 0 Å². The minimum absolute atomic E-state index is 0.0434. The molecule has 0 unspecified atom stereocenters. The highest BCUT2D eigenvalue weighted by atomic mass is 16.5. The van der Waals surface area contributed by atoms with Gasteiger partial charge in [-0.1, -0.05) is 18.2 Å². The quantitative estimate of drug-likeness (QED) is 0.839. The number of ether oxygens (including phenoxy) is 1. The number of hydrogen-bond donors (Lipinski definition) is 0. The van der Waals surface area contributed by atoms with Crippen molar-refractivity contribution < 1.29 is 9.53 Å². The van der Waals surface area contributed by atoms with Crippen LogP contribution in [0.15, 0.2) is 36.5 Å². The molecule has 0 N–H and O–H groups in total. The average molecular weight is 286 g/mol. The highest BCUT2D eigenvalue weighted by Crippen LogP contribution is 2.13. The monoisotopic (exact) mass is 286 g/mol. The summed E-state index contributed by atoms with van der Waals surface area (Å²) in [5.41, 5.74) is 1.19. The second-order valence-electron chi connectivity index (χ2n) is 5.32. The summed E-state index contributed by atoms with van der Waals surface area (Å²) in [6.45, 7) is 5.11. The Balaban J connectivity index is 1.78. The molecule has 0 bridgehead atoms. The van der Waals surface area contributed by atoms with Gasteiger partial charge in [-0.3, -0.25) is 4.79 Å². The summed E-state index contributed by atoms with van der Waals surface area (Å²) in [5, 5.41) is 8.45. The molecule has 0 radical (unpaired) electrons. The van der Waals surface area contributed by atoms with Crippen molar-refractivity contribution in [2.24, 2.45) is 0 Å². The van der Waals surface area contributed by atoms with Gasteiger partial charge in [0.05, 0.1) is 24.1 Å². The van der Waals surface area contributed by atoms with Gasteiger partial charge in [-0.25, -0.2) is 0 Å². The molecule has 2 atom stereocenters. The number of benzene rings is 1. The average Bonchev–Trinajstić information content (AvgIpc) is 2.96. The molecule has 2 heterocycles. The largest absolute Gasteiger partial charge is 0.372 e. The molecule has 21 heavy (non-hydrogen) atoms. The number of nitrogens with zero attached hydrogens (tertiary/aromatic N) is 4. The van der Waals surface area contributed by atoms with Crippen molar-refractivity contribution in [2.75, 3.05) is 13.1 Å². The van der Waals surface area contributed by atoms with Crippen LogP contribution in [0, 0.1) is 0 Å². The Morgan fingerprint density at radius 3 is 2.52 bits per heavy atom. The molecule has 6 heteroatoms. The van der Waals surface area contributed by atoms with E-state index in [2.05, 4.69) is 10.2 Å². The van der Waals surface area contributed by atoms with Crippen LogP contribution in [0.5, 0.6) is 0 Å². The lowest BCUT2D eigenvalue weighted by atomic mass is 10.2. The van der Waals surface area contributed by atoms with E-state index in [1.165, 1.54) is 11.0 Å². The Bertz CT molecular complexity index is 616. The first kappa shape index (κ1) is 13.8. The molecule has 1 amide bonds. The number of para-hydroxylation sites is 1. The smallest absolute Gasteiger partial charge is 0.276 e. The molecule has 1 aliphatic rings. The summed E-state index contributed by atoms with van der Waals surface area (Å²) in [7, 11) is 0. The minimum atomic E-state index is -0.0980. The first-order valence-electron chi connectivity index (χ1n) is 7.06. The Labute approximate surface area is 123 Å². The van der Waals surface area contributed by atoms with Gasteiger partial charge in [-0.15, -0.1) is 5.10 Å². The van der Waals surface area contributed by atoms with Gasteiger partial charge in [-0.2, -0.15) is 9.90 Å². The summed E-state index contributed by atoms with van der Waals surface area (Å²) < 4.78 is 5.64. The van der Waals surface area contributed by atoms with E-state index in [-0.39, 0.29) is 18.1 Å². The molecule has 1 saturated heterocycles. The second-order valence-corrected chi connectivity index (χ2v) is 5.32. The molecule has 1 aromatic carbocycles. The summed E-state index contributed by atoms with van der Waals surface area (Å²) in [6.07, 6.45) is 1.60. The van der Waals surface area contributed by atoms with E-state index in [1.807, 2.05) is 44.2 Å². The predicted molar refractivity (Wildman–Crippen MR) is 77.3 cm³/mol. The number of carbonyl (C=O) groups excluding carboxylic acids is 1. The standard InChI is InChI=1S/C15H18N4O2/c1-11-9-18(10-12(2)21-11)15(20)14-8-16-19(17-14)13-6-4-3-5-7-13/h3-8,11-12H,9-10H2,1-2H3/t11-,12-/m0/s1. The first-order chi connectivity index (χ1) is 10.1. The minimum Gasteiger partial charge on any atom is -0.372 e. The van der Waals surface area contributed by atoms with E-state index in [1.54, 1.807) is 4.90 Å². The number of hydrogen-bond acceptors (Lipinski definition) is 4. The Hall–Kier alpha value is -2.21. The summed E-state index contributed by atoms with van der Waals surface area (Å²) in [4.78, 5) is 15.7. The molecule has 2 aromatic rings. The number of morpholine rings is 1. The van der Waals surface area contributed by atoms with Gasteiger partial charge in [-0.05, 0) is 26.0 Å². The fourth-order valence-electron chi connectivity index (χ4n) is 2.55. The molecular formula is C15H18N4O2. The van der Waals surface area contributed by atoms with Gasteiger partial charge in [0.25, 0.3) is 5.91 Å². The van der Waals surface area contributed by atoms with E-state index >= 15 is 0 Å². The number of amides is 1. The van der Waals surface area contributed by atoms with Crippen LogP contribution in [0.3, 0.4) is 0 Å². The molecule has 3 rings (SSSR count). The van der Waals surface area contributed by atoms with Gasteiger partial charge in [0.2, 0.25) is 0 Å². The molecule has 0 aliphatic carbocycles. The van der Waals surface area contributed by atoms with Crippen molar-refractivity contribution >= 4 is 5.91 Å². The fourth-order valence-corrected chi connectivity index (χ4v) is 2.55. The third-order valence-corrected chi connectivity index (χ3v) is 3.40. The fraction of sp³-hybridized carbons (Fsp3) is 0.400. The molecule has 110 valence electrons. The van der Waals surface area contributed by atoms with Crippen LogP contribution in [-0.2, 0) is 4.74 Å². The second kappa shape index (κ2) is 5.65. The molecule has 1 fully saturated rings. The normalized spacial score (nSPS) is 22.3. The van der Waals surface area contributed by atoms with E-state index in [4.69, 9.17) is 4.74 Å². The first-order valence-corrected chi connectivity index (χ1v) is 7.06. The number of aromatic nitrogens is 3. The van der Waals surface area contributed by atoms with Crippen LogP contribution < -0.4 is 0 Å². The van der Waals surface area contributed by atoms with Gasteiger partial charge in [0.1, 0.15) is 0 Å². The topological polar surface area (TPSA) is 60.2 Å². The van der Waals surface area contributed by atoms with Crippen molar-refractivity contribution in [3.63, 3.8) is 0 Å². The lowest BCUT2D eigenvalue weighted by molar-refractivity contribution is -0.0587. The molecule has 1 aromatic heterocycles. The molecule has 0 saturated carbocycles. The Morgan fingerprint density at radius 2 is 1.86 bits per heavy atom. The van der Waals surface area contributed by atoms with Gasteiger partial charge < -0.3 is 9.64 Å². The third kappa shape index (κ3) is 2.95. The van der Waals surface area contributed by atoms with Crippen LogP contribution in [0.4, 0.5) is 0 Å². The van der Waals surface area contributed by atoms with Crippen LogP contribution in [0.1, 0.15) is 24.3 Å². The van der Waals surface area contributed by atoms with E-state index in [9.17, 15) is 4.79 Å². The van der Waals surface area contributed by atoms with Crippen molar-refractivity contribution in [3.05, 3.63) is 42.2 Å². The summed E-state index contributed by atoms with van der Waals surface area (Å²) in [6, 6.07) is 9.53.